The second-order valence-corrected chi connectivity index (χ2v) is 5.78. The van der Waals surface area contributed by atoms with E-state index in [2.05, 4.69) is 25.8 Å². The average molecular weight is 368 g/mol. The molecule has 2 N–H and O–H groups in total. The van der Waals surface area contributed by atoms with Crippen molar-refractivity contribution in [3.05, 3.63) is 54.0 Å². The summed E-state index contributed by atoms with van der Waals surface area (Å²) in [4.78, 5) is 4.63. The third-order valence-corrected chi connectivity index (χ3v) is 4.01. The zero-order valence-corrected chi connectivity index (χ0v) is 15.8. The third kappa shape index (κ3) is 4.46. The van der Waals surface area contributed by atoms with Gasteiger partial charge >= 0.3 is 0 Å². The van der Waals surface area contributed by atoms with Gasteiger partial charge in [-0.2, -0.15) is 0 Å². The predicted molar refractivity (Wildman–Crippen MR) is 104 cm³/mol. The van der Waals surface area contributed by atoms with Gasteiger partial charge < -0.3 is 20.1 Å². The highest BCUT2D eigenvalue weighted by Crippen LogP contribution is 2.27. The number of hydrogen-bond donors (Lipinski definition) is 2. The SMILES string of the molecule is CCNC(=NCc1ccc(OC)c(OC)c1)NCc1nnc2ccccn12. The number of methoxy groups -OCH3 is 2. The maximum atomic E-state index is 5.35. The summed E-state index contributed by atoms with van der Waals surface area (Å²) in [6.45, 7) is 3.82. The highest BCUT2D eigenvalue weighted by Gasteiger charge is 2.07. The van der Waals surface area contributed by atoms with Crippen LogP contribution in [0.2, 0.25) is 0 Å². The van der Waals surface area contributed by atoms with Crippen molar-refractivity contribution in [3.8, 4) is 11.5 Å². The molecule has 8 heteroatoms. The minimum atomic E-state index is 0.510. The summed E-state index contributed by atoms with van der Waals surface area (Å²) in [6.07, 6.45) is 1.94. The lowest BCUT2D eigenvalue weighted by Crippen LogP contribution is -2.37. The first kappa shape index (κ1) is 18.5. The summed E-state index contributed by atoms with van der Waals surface area (Å²) in [5, 5.41) is 14.9. The van der Waals surface area contributed by atoms with Crippen LogP contribution >= 0.6 is 0 Å². The Morgan fingerprint density at radius 1 is 1.07 bits per heavy atom. The van der Waals surface area contributed by atoms with E-state index in [4.69, 9.17) is 9.47 Å². The number of nitrogens with zero attached hydrogens (tertiary/aromatic N) is 4. The lowest BCUT2D eigenvalue weighted by molar-refractivity contribution is 0.354. The van der Waals surface area contributed by atoms with Crippen molar-refractivity contribution in [2.75, 3.05) is 20.8 Å². The van der Waals surface area contributed by atoms with Gasteiger partial charge in [0.25, 0.3) is 0 Å². The van der Waals surface area contributed by atoms with Crippen LogP contribution in [-0.4, -0.2) is 41.3 Å². The minimum Gasteiger partial charge on any atom is -0.493 e. The first-order chi connectivity index (χ1) is 13.2. The van der Waals surface area contributed by atoms with Gasteiger partial charge in [0.05, 0.1) is 27.3 Å². The molecule has 0 saturated carbocycles. The number of aromatic nitrogens is 3. The summed E-state index contributed by atoms with van der Waals surface area (Å²) < 4.78 is 12.6. The van der Waals surface area contributed by atoms with Crippen molar-refractivity contribution in [3.63, 3.8) is 0 Å². The molecule has 142 valence electrons. The Hall–Kier alpha value is -3.29. The van der Waals surface area contributed by atoms with Gasteiger partial charge in [0.1, 0.15) is 0 Å². The molecular weight excluding hydrogens is 344 g/mol. The number of guanidine groups is 1. The second kappa shape index (κ2) is 8.88. The van der Waals surface area contributed by atoms with Gasteiger partial charge in [0.15, 0.2) is 28.9 Å². The van der Waals surface area contributed by atoms with E-state index in [9.17, 15) is 0 Å². The van der Waals surface area contributed by atoms with Crippen molar-refractivity contribution in [1.82, 2.24) is 25.2 Å². The second-order valence-electron chi connectivity index (χ2n) is 5.78. The number of nitrogens with one attached hydrogen (secondary N) is 2. The van der Waals surface area contributed by atoms with Crippen LogP contribution in [0.3, 0.4) is 0 Å². The molecule has 27 heavy (non-hydrogen) atoms. The Bertz CT molecular complexity index is 921. The number of benzene rings is 1. The summed E-state index contributed by atoms with van der Waals surface area (Å²) in [7, 11) is 3.25. The highest BCUT2D eigenvalue weighted by molar-refractivity contribution is 5.79. The highest BCUT2D eigenvalue weighted by atomic mass is 16.5. The average Bonchev–Trinajstić information content (AvgIpc) is 3.13. The van der Waals surface area contributed by atoms with Crippen LogP contribution in [0, 0.1) is 0 Å². The molecule has 0 aliphatic heterocycles. The molecule has 2 aromatic heterocycles. The summed E-state index contributed by atoms with van der Waals surface area (Å²) in [5.41, 5.74) is 1.85. The molecule has 0 spiro atoms. The fraction of sp³-hybridized carbons (Fsp3) is 0.316. The van der Waals surface area contributed by atoms with E-state index in [1.54, 1.807) is 14.2 Å². The van der Waals surface area contributed by atoms with Gasteiger partial charge in [-0.3, -0.25) is 4.40 Å². The molecule has 0 atom stereocenters. The number of aliphatic imine (C=N–C) groups is 1. The molecule has 0 radical (unpaired) electrons. The fourth-order valence-electron chi connectivity index (χ4n) is 2.67. The van der Waals surface area contributed by atoms with Crippen molar-refractivity contribution in [2.24, 2.45) is 4.99 Å². The molecular formula is C19H24N6O2. The molecule has 0 bridgehead atoms. The van der Waals surface area contributed by atoms with Gasteiger partial charge in [0.2, 0.25) is 0 Å². The van der Waals surface area contributed by atoms with Crippen LogP contribution in [0.5, 0.6) is 11.5 Å². The van der Waals surface area contributed by atoms with Gasteiger partial charge in [0, 0.05) is 12.7 Å². The lowest BCUT2D eigenvalue weighted by atomic mass is 10.2. The molecule has 0 fully saturated rings. The fourth-order valence-corrected chi connectivity index (χ4v) is 2.67. The lowest BCUT2D eigenvalue weighted by Gasteiger charge is -2.11. The summed E-state index contributed by atoms with van der Waals surface area (Å²) in [6, 6.07) is 11.6. The smallest absolute Gasteiger partial charge is 0.191 e. The molecule has 3 rings (SSSR count). The zero-order valence-electron chi connectivity index (χ0n) is 15.8. The van der Waals surface area contributed by atoms with E-state index < -0.39 is 0 Å². The summed E-state index contributed by atoms with van der Waals surface area (Å²) in [5.74, 6) is 2.93. The Morgan fingerprint density at radius 2 is 1.93 bits per heavy atom. The van der Waals surface area contributed by atoms with Gasteiger partial charge in [-0.05, 0) is 36.8 Å². The van der Waals surface area contributed by atoms with E-state index in [1.165, 1.54) is 0 Å². The molecule has 2 heterocycles. The zero-order chi connectivity index (χ0) is 19.1. The van der Waals surface area contributed by atoms with E-state index in [0.29, 0.717) is 30.5 Å². The summed E-state index contributed by atoms with van der Waals surface area (Å²) >= 11 is 0. The minimum absolute atomic E-state index is 0.510. The molecule has 0 amide bonds. The molecule has 0 unspecified atom stereocenters. The largest absolute Gasteiger partial charge is 0.493 e. The number of pyridine rings is 1. The molecule has 0 aliphatic rings. The van der Waals surface area contributed by atoms with Crippen LogP contribution in [0.15, 0.2) is 47.6 Å². The van der Waals surface area contributed by atoms with E-state index in [1.807, 2.05) is 53.9 Å². The molecule has 0 saturated heterocycles. The van der Waals surface area contributed by atoms with Crippen LogP contribution in [0.25, 0.3) is 5.65 Å². The van der Waals surface area contributed by atoms with Crippen molar-refractivity contribution in [1.29, 1.82) is 0 Å². The maximum absolute atomic E-state index is 5.35. The topological polar surface area (TPSA) is 85.1 Å². The molecule has 8 nitrogen and oxygen atoms in total. The van der Waals surface area contributed by atoms with Crippen LogP contribution in [0.1, 0.15) is 18.3 Å². The maximum Gasteiger partial charge on any atom is 0.191 e. The standard InChI is InChI=1S/C19H24N6O2/c1-4-20-19(21-12-14-8-9-15(26-2)16(11-14)27-3)22-13-18-24-23-17-7-5-6-10-25(17)18/h5-11H,4,12-13H2,1-3H3,(H2,20,21,22). The quantitative estimate of drug-likeness (QED) is 0.490. The first-order valence-electron chi connectivity index (χ1n) is 8.77. The van der Waals surface area contributed by atoms with Crippen molar-refractivity contribution in [2.45, 2.75) is 20.0 Å². The number of rotatable bonds is 7. The van der Waals surface area contributed by atoms with Gasteiger partial charge in [-0.1, -0.05) is 12.1 Å². The number of ether oxygens (including phenoxy) is 2. The predicted octanol–water partition coefficient (Wildman–Crippen LogP) is 2.00. The van der Waals surface area contributed by atoms with Crippen molar-refractivity contribution < 1.29 is 9.47 Å². The molecule has 3 aromatic rings. The van der Waals surface area contributed by atoms with Crippen LogP contribution < -0.4 is 20.1 Å². The third-order valence-electron chi connectivity index (χ3n) is 4.01. The van der Waals surface area contributed by atoms with E-state index >= 15 is 0 Å². The van der Waals surface area contributed by atoms with E-state index in [0.717, 1.165) is 23.6 Å². The number of fused-ring (bicyclic) bond motifs is 1. The van der Waals surface area contributed by atoms with Gasteiger partial charge in [-0.15, -0.1) is 10.2 Å². The number of hydrogen-bond acceptors (Lipinski definition) is 5. The normalized spacial score (nSPS) is 11.4. The Balaban J connectivity index is 1.69. The van der Waals surface area contributed by atoms with E-state index in [-0.39, 0.29) is 0 Å². The van der Waals surface area contributed by atoms with Gasteiger partial charge in [-0.25, -0.2) is 4.99 Å². The first-order valence-corrected chi connectivity index (χ1v) is 8.77. The Labute approximate surface area is 158 Å². The van der Waals surface area contributed by atoms with Crippen LogP contribution in [-0.2, 0) is 13.1 Å². The molecule has 1 aromatic carbocycles. The van der Waals surface area contributed by atoms with Crippen LogP contribution in [0.4, 0.5) is 0 Å². The van der Waals surface area contributed by atoms with Crippen molar-refractivity contribution >= 4 is 11.6 Å². The molecule has 0 aliphatic carbocycles. The Kier molecular flexibility index (Phi) is 6.09. The monoisotopic (exact) mass is 368 g/mol. The Morgan fingerprint density at radius 3 is 2.70 bits per heavy atom.